The molecular formula is C16H21ClFN3. The van der Waals surface area contributed by atoms with Crippen LogP contribution < -0.4 is 10.6 Å². The fourth-order valence-corrected chi connectivity index (χ4v) is 3.45. The standard InChI is InChI=1S/C16H21ClFN3/c1-19-16(20-10-5-2-3-6-10)21-14-9-11(14)15-12(17)7-4-8-13(15)18/h4,7-8,10-11,14H,2-3,5-6,9H2,1H3,(H2,19,20,21). The maximum Gasteiger partial charge on any atom is 0.191 e. The number of halogens is 2. The molecule has 2 fully saturated rings. The van der Waals surface area contributed by atoms with E-state index in [1.54, 1.807) is 19.2 Å². The molecule has 0 saturated heterocycles. The van der Waals surface area contributed by atoms with Gasteiger partial charge in [0.05, 0.1) is 0 Å². The molecule has 5 heteroatoms. The smallest absolute Gasteiger partial charge is 0.191 e. The van der Waals surface area contributed by atoms with E-state index in [1.165, 1.54) is 31.7 Å². The summed E-state index contributed by atoms with van der Waals surface area (Å²) in [6.07, 6.45) is 5.87. The molecule has 1 aromatic rings. The maximum atomic E-state index is 13.9. The third-order valence-corrected chi connectivity index (χ3v) is 4.73. The predicted octanol–water partition coefficient (Wildman–Crippen LogP) is 3.44. The predicted molar refractivity (Wildman–Crippen MR) is 84.4 cm³/mol. The Kier molecular flexibility index (Phi) is 4.34. The summed E-state index contributed by atoms with van der Waals surface area (Å²) in [7, 11) is 1.78. The molecule has 0 aromatic heterocycles. The molecule has 2 unspecified atom stereocenters. The van der Waals surface area contributed by atoms with Gasteiger partial charge in [0.25, 0.3) is 0 Å². The van der Waals surface area contributed by atoms with Gasteiger partial charge in [0.1, 0.15) is 5.82 Å². The Morgan fingerprint density at radius 3 is 2.71 bits per heavy atom. The van der Waals surface area contributed by atoms with E-state index in [1.807, 2.05) is 0 Å². The van der Waals surface area contributed by atoms with Crippen molar-refractivity contribution in [2.45, 2.75) is 50.1 Å². The van der Waals surface area contributed by atoms with Gasteiger partial charge in [0.15, 0.2) is 5.96 Å². The molecule has 0 radical (unpaired) electrons. The Morgan fingerprint density at radius 1 is 1.29 bits per heavy atom. The van der Waals surface area contributed by atoms with Gasteiger partial charge in [-0.2, -0.15) is 0 Å². The fraction of sp³-hybridized carbons (Fsp3) is 0.562. The molecule has 114 valence electrons. The Balaban J connectivity index is 1.60. The lowest BCUT2D eigenvalue weighted by Gasteiger charge is -2.17. The minimum atomic E-state index is -0.212. The summed E-state index contributed by atoms with van der Waals surface area (Å²) in [4.78, 5) is 4.27. The third-order valence-electron chi connectivity index (χ3n) is 4.40. The average Bonchev–Trinajstić information content (AvgIpc) is 2.99. The first kappa shape index (κ1) is 14.6. The van der Waals surface area contributed by atoms with Crippen LogP contribution in [0.25, 0.3) is 0 Å². The number of benzene rings is 1. The average molecular weight is 310 g/mol. The van der Waals surface area contributed by atoms with Crippen molar-refractivity contribution in [3.05, 3.63) is 34.6 Å². The second kappa shape index (κ2) is 6.22. The summed E-state index contributed by atoms with van der Waals surface area (Å²) < 4.78 is 13.9. The quantitative estimate of drug-likeness (QED) is 0.663. The van der Waals surface area contributed by atoms with Gasteiger partial charge in [0, 0.05) is 35.6 Å². The summed E-state index contributed by atoms with van der Waals surface area (Å²) in [6, 6.07) is 5.60. The van der Waals surface area contributed by atoms with Crippen molar-refractivity contribution in [1.29, 1.82) is 0 Å². The highest BCUT2D eigenvalue weighted by Gasteiger charge is 2.42. The number of rotatable bonds is 3. The normalized spacial score (nSPS) is 26.0. The zero-order chi connectivity index (χ0) is 14.8. The first-order valence-corrected chi connectivity index (χ1v) is 8.00. The molecule has 0 amide bonds. The molecule has 2 atom stereocenters. The van der Waals surface area contributed by atoms with Gasteiger partial charge in [-0.3, -0.25) is 4.99 Å². The Labute approximate surface area is 130 Å². The SMILES string of the molecule is CN=C(NC1CCCC1)NC1CC1c1c(F)cccc1Cl. The maximum absolute atomic E-state index is 13.9. The van der Waals surface area contributed by atoms with Crippen molar-refractivity contribution in [2.75, 3.05) is 7.05 Å². The van der Waals surface area contributed by atoms with Crippen LogP contribution in [0.3, 0.4) is 0 Å². The zero-order valence-electron chi connectivity index (χ0n) is 12.2. The molecule has 0 bridgehead atoms. The van der Waals surface area contributed by atoms with Crippen molar-refractivity contribution in [1.82, 2.24) is 10.6 Å². The number of hydrogen-bond acceptors (Lipinski definition) is 1. The summed E-state index contributed by atoms with van der Waals surface area (Å²) in [6.45, 7) is 0. The minimum absolute atomic E-state index is 0.140. The lowest BCUT2D eigenvalue weighted by atomic mass is 10.1. The number of nitrogens with zero attached hydrogens (tertiary/aromatic N) is 1. The highest BCUT2D eigenvalue weighted by atomic mass is 35.5. The molecule has 0 spiro atoms. The first-order valence-electron chi connectivity index (χ1n) is 7.63. The lowest BCUT2D eigenvalue weighted by molar-refractivity contribution is 0.601. The topological polar surface area (TPSA) is 36.4 Å². The molecule has 2 aliphatic rings. The third kappa shape index (κ3) is 3.31. The molecule has 3 rings (SSSR count). The van der Waals surface area contributed by atoms with Crippen molar-refractivity contribution in [3.63, 3.8) is 0 Å². The van der Waals surface area contributed by atoms with E-state index in [2.05, 4.69) is 15.6 Å². The summed E-state index contributed by atoms with van der Waals surface area (Å²) in [5.41, 5.74) is 0.632. The second-order valence-corrected chi connectivity index (χ2v) is 6.33. The van der Waals surface area contributed by atoms with Crippen molar-refractivity contribution < 1.29 is 4.39 Å². The molecule has 0 aliphatic heterocycles. The molecular weight excluding hydrogens is 289 g/mol. The van der Waals surface area contributed by atoms with Gasteiger partial charge in [-0.25, -0.2) is 4.39 Å². The van der Waals surface area contributed by atoms with Crippen molar-refractivity contribution in [3.8, 4) is 0 Å². The monoisotopic (exact) mass is 309 g/mol. The zero-order valence-corrected chi connectivity index (χ0v) is 13.0. The lowest BCUT2D eigenvalue weighted by Crippen LogP contribution is -2.43. The fourth-order valence-electron chi connectivity index (χ4n) is 3.15. The molecule has 3 nitrogen and oxygen atoms in total. The Bertz CT molecular complexity index is 520. The first-order chi connectivity index (χ1) is 10.2. The number of aliphatic imine (C=N–C) groups is 1. The van der Waals surface area contributed by atoms with E-state index < -0.39 is 0 Å². The van der Waals surface area contributed by atoms with Crippen LogP contribution in [0.15, 0.2) is 23.2 Å². The van der Waals surface area contributed by atoms with Gasteiger partial charge in [-0.15, -0.1) is 0 Å². The molecule has 21 heavy (non-hydrogen) atoms. The van der Waals surface area contributed by atoms with Crippen molar-refractivity contribution >= 4 is 17.6 Å². The van der Waals surface area contributed by atoms with Crippen LogP contribution in [-0.4, -0.2) is 25.1 Å². The van der Waals surface area contributed by atoms with Crippen molar-refractivity contribution in [2.24, 2.45) is 4.99 Å². The van der Waals surface area contributed by atoms with E-state index in [0.29, 0.717) is 16.6 Å². The van der Waals surface area contributed by atoms with E-state index >= 15 is 0 Å². The summed E-state index contributed by atoms with van der Waals surface area (Å²) >= 11 is 6.12. The molecule has 2 N–H and O–H groups in total. The van der Waals surface area contributed by atoms with Crippen LogP contribution in [-0.2, 0) is 0 Å². The molecule has 2 saturated carbocycles. The van der Waals surface area contributed by atoms with E-state index in [-0.39, 0.29) is 17.8 Å². The highest BCUT2D eigenvalue weighted by molar-refractivity contribution is 6.31. The van der Waals surface area contributed by atoms with Crippen LogP contribution >= 0.6 is 11.6 Å². The van der Waals surface area contributed by atoms with Crippen LogP contribution in [0.2, 0.25) is 5.02 Å². The number of guanidine groups is 1. The largest absolute Gasteiger partial charge is 0.354 e. The molecule has 0 heterocycles. The second-order valence-electron chi connectivity index (χ2n) is 5.93. The van der Waals surface area contributed by atoms with E-state index in [9.17, 15) is 4.39 Å². The van der Waals surface area contributed by atoms with E-state index in [0.717, 1.165) is 12.4 Å². The Hall–Kier alpha value is -1.29. The molecule has 1 aromatic carbocycles. The number of hydrogen-bond donors (Lipinski definition) is 2. The summed E-state index contributed by atoms with van der Waals surface area (Å²) in [5, 5.41) is 7.35. The van der Waals surface area contributed by atoms with E-state index in [4.69, 9.17) is 11.6 Å². The van der Waals surface area contributed by atoms with Crippen LogP contribution in [0.5, 0.6) is 0 Å². The Morgan fingerprint density at radius 2 is 2.05 bits per heavy atom. The van der Waals surface area contributed by atoms with Crippen LogP contribution in [0.1, 0.15) is 43.6 Å². The van der Waals surface area contributed by atoms with Gasteiger partial charge in [-0.1, -0.05) is 30.5 Å². The van der Waals surface area contributed by atoms with Gasteiger partial charge in [0.2, 0.25) is 0 Å². The summed E-state index contributed by atoms with van der Waals surface area (Å²) in [5.74, 6) is 0.748. The minimum Gasteiger partial charge on any atom is -0.354 e. The molecule has 2 aliphatic carbocycles. The highest BCUT2D eigenvalue weighted by Crippen LogP contribution is 2.44. The van der Waals surface area contributed by atoms with Crippen LogP contribution in [0, 0.1) is 5.82 Å². The van der Waals surface area contributed by atoms with Gasteiger partial charge >= 0.3 is 0 Å². The van der Waals surface area contributed by atoms with Crippen LogP contribution in [0.4, 0.5) is 4.39 Å². The number of nitrogens with one attached hydrogen (secondary N) is 2. The van der Waals surface area contributed by atoms with Gasteiger partial charge in [-0.05, 0) is 31.4 Å². The van der Waals surface area contributed by atoms with Gasteiger partial charge < -0.3 is 10.6 Å².